The van der Waals surface area contributed by atoms with E-state index in [1.165, 1.54) is 0 Å². The third kappa shape index (κ3) is 2.86. The van der Waals surface area contributed by atoms with Crippen LogP contribution in [-0.2, 0) is 7.05 Å². The molecule has 0 radical (unpaired) electrons. The van der Waals surface area contributed by atoms with E-state index >= 15 is 0 Å². The van der Waals surface area contributed by atoms with Crippen LogP contribution in [0.3, 0.4) is 0 Å². The van der Waals surface area contributed by atoms with Gasteiger partial charge in [0.1, 0.15) is 17.5 Å². The highest BCUT2D eigenvalue weighted by atomic mass is 16.1. The molecule has 1 aliphatic rings. The molecule has 1 fully saturated rings. The Morgan fingerprint density at radius 2 is 1.90 bits per heavy atom. The Bertz CT molecular complexity index is 1270. The van der Waals surface area contributed by atoms with Crippen LogP contribution in [0.4, 0.5) is 0 Å². The zero-order valence-corrected chi connectivity index (χ0v) is 16.4. The first-order valence-electron chi connectivity index (χ1n) is 9.43. The van der Waals surface area contributed by atoms with E-state index in [-0.39, 0.29) is 17.7 Å². The van der Waals surface area contributed by atoms with Gasteiger partial charge in [0.25, 0.3) is 5.91 Å². The molecule has 0 bridgehead atoms. The number of hydrogen-bond acceptors (Lipinski definition) is 6. The van der Waals surface area contributed by atoms with E-state index in [0.717, 1.165) is 29.0 Å². The molecular weight excluding hydrogens is 368 g/mol. The van der Waals surface area contributed by atoms with Crippen molar-refractivity contribution in [3.63, 3.8) is 0 Å². The Kier molecular flexibility index (Phi) is 3.73. The van der Waals surface area contributed by atoms with Crippen LogP contribution >= 0.6 is 0 Å². The molecule has 29 heavy (non-hydrogen) atoms. The fourth-order valence-corrected chi connectivity index (χ4v) is 3.90. The monoisotopic (exact) mass is 388 g/mol. The molecular formula is C20H20N8O. The zero-order chi connectivity index (χ0) is 20.3. The lowest BCUT2D eigenvalue weighted by Crippen LogP contribution is -2.18. The molecule has 3 heterocycles. The van der Waals surface area contributed by atoms with Crippen molar-refractivity contribution in [2.45, 2.75) is 32.1 Å². The Labute approximate surface area is 166 Å². The number of carbonyl (C=O) groups is 1. The molecule has 1 unspecified atom stereocenters. The molecule has 1 amide bonds. The van der Waals surface area contributed by atoms with Crippen molar-refractivity contribution in [2.75, 3.05) is 0 Å². The summed E-state index contributed by atoms with van der Waals surface area (Å²) in [6.07, 6.45) is 0.904. The fourth-order valence-electron chi connectivity index (χ4n) is 3.90. The van der Waals surface area contributed by atoms with Crippen LogP contribution in [0.15, 0.2) is 30.3 Å². The normalized spacial score (nSPS) is 18.3. The first kappa shape index (κ1) is 17.5. The maximum absolute atomic E-state index is 11.8. The lowest BCUT2D eigenvalue weighted by molar-refractivity contribution is 0.0990. The third-order valence-electron chi connectivity index (χ3n) is 5.37. The summed E-state index contributed by atoms with van der Waals surface area (Å²) in [7, 11) is 2.03. The van der Waals surface area contributed by atoms with Crippen LogP contribution in [0.1, 0.15) is 52.0 Å². The second-order valence-electron chi connectivity index (χ2n) is 7.42. The molecule has 0 saturated heterocycles. The average Bonchev–Trinajstić information content (AvgIpc) is 3.33. The van der Waals surface area contributed by atoms with Gasteiger partial charge in [-0.15, -0.1) is 5.10 Å². The molecule has 5 rings (SSSR count). The third-order valence-corrected chi connectivity index (χ3v) is 5.37. The van der Waals surface area contributed by atoms with E-state index in [1.807, 2.05) is 45.2 Å². The van der Waals surface area contributed by atoms with Crippen LogP contribution in [-0.4, -0.2) is 40.2 Å². The van der Waals surface area contributed by atoms with Gasteiger partial charge in [-0.25, -0.2) is 19.9 Å². The quantitative estimate of drug-likeness (QED) is 0.571. The Balaban J connectivity index is 1.55. The molecule has 2 N–H and O–H groups in total. The van der Waals surface area contributed by atoms with Gasteiger partial charge in [-0.3, -0.25) is 4.79 Å². The maximum atomic E-state index is 11.8. The van der Waals surface area contributed by atoms with Crippen molar-refractivity contribution in [2.24, 2.45) is 12.8 Å². The molecule has 1 aromatic carbocycles. The van der Waals surface area contributed by atoms with Crippen LogP contribution < -0.4 is 5.73 Å². The first-order chi connectivity index (χ1) is 13.9. The van der Waals surface area contributed by atoms with Gasteiger partial charge in [0.05, 0.1) is 16.7 Å². The van der Waals surface area contributed by atoms with Crippen LogP contribution in [0.5, 0.6) is 0 Å². The fraction of sp³-hybridized carbons (Fsp3) is 0.300. The predicted molar refractivity (Wildman–Crippen MR) is 106 cm³/mol. The van der Waals surface area contributed by atoms with Crippen molar-refractivity contribution in [3.8, 4) is 5.82 Å². The number of imidazole rings is 1. The SMILES string of the molecule is Cc1nc(C)n(-c2cc([C@@H]3CC3c3nc4ccccc4n3C)nc(C(N)=O)n2)n1. The lowest BCUT2D eigenvalue weighted by atomic mass is 10.2. The van der Waals surface area contributed by atoms with E-state index < -0.39 is 5.91 Å². The highest BCUT2D eigenvalue weighted by Crippen LogP contribution is 2.54. The number of hydrogen-bond donors (Lipinski definition) is 1. The summed E-state index contributed by atoms with van der Waals surface area (Å²) in [4.78, 5) is 29.7. The number of nitrogens with two attached hydrogens (primary N) is 1. The van der Waals surface area contributed by atoms with Gasteiger partial charge in [-0.1, -0.05) is 12.1 Å². The van der Waals surface area contributed by atoms with Crippen molar-refractivity contribution >= 4 is 16.9 Å². The standard InChI is InChI=1S/C20H20N8O/c1-10-22-11(2)28(26-10)17-9-15(23-19(25-17)18(21)29)12-8-13(12)20-24-14-6-4-5-7-16(14)27(20)3/h4-7,9,12-13H,8H2,1-3H3,(H2,21,29)/t12-,13?/m1/s1. The van der Waals surface area contributed by atoms with E-state index in [2.05, 4.69) is 30.7 Å². The van der Waals surface area contributed by atoms with E-state index in [4.69, 9.17) is 10.7 Å². The molecule has 1 aliphatic carbocycles. The van der Waals surface area contributed by atoms with Gasteiger partial charge in [-0.05, 0) is 32.4 Å². The summed E-state index contributed by atoms with van der Waals surface area (Å²) in [6, 6.07) is 9.94. The molecule has 146 valence electrons. The summed E-state index contributed by atoms with van der Waals surface area (Å²) >= 11 is 0. The summed E-state index contributed by atoms with van der Waals surface area (Å²) in [5, 5.41) is 4.37. The van der Waals surface area contributed by atoms with Crippen molar-refractivity contribution < 1.29 is 4.79 Å². The molecule has 2 atom stereocenters. The number of carbonyl (C=O) groups excluding carboxylic acids is 1. The highest BCUT2D eigenvalue weighted by Gasteiger charge is 2.44. The topological polar surface area (TPSA) is 117 Å². The first-order valence-corrected chi connectivity index (χ1v) is 9.43. The van der Waals surface area contributed by atoms with E-state index in [0.29, 0.717) is 17.5 Å². The summed E-state index contributed by atoms with van der Waals surface area (Å²) in [5.74, 6) is 2.54. The second-order valence-corrected chi connectivity index (χ2v) is 7.42. The number of amides is 1. The lowest BCUT2D eigenvalue weighted by Gasteiger charge is -2.07. The largest absolute Gasteiger partial charge is 0.363 e. The minimum absolute atomic E-state index is 0.0132. The highest BCUT2D eigenvalue weighted by molar-refractivity contribution is 5.89. The van der Waals surface area contributed by atoms with E-state index in [1.54, 1.807) is 4.68 Å². The molecule has 4 aromatic rings. The molecule has 9 nitrogen and oxygen atoms in total. The number of para-hydroxylation sites is 2. The van der Waals surface area contributed by atoms with Crippen molar-refractivity contribution in [1.82, 2.24) is 34.3 Å². The van der Waals surface area contributed by atoms with Gasteiger partial charge >= 0.3 is 0 Å². The summed E-state index contributed by atoms with van der Waals surface area (Å²) in [6.45, 7) is 3.65. The van der Waals surface area contributed by atoms with E-state index in [9.17, 15) is 4.79 Å². The van der Waals surface area contributed by atoms with Crippen molar-refractivity contribution in [3.05, 3.63) is 59.3 Å². The number of primary amides is 1. The summed E-state index contributed by atoms with van der Waals surface area (Å²) in [5.41, 5.74) is 8.34. The Morgan fingerprint density at radius 1 is 1.10 bits per heavy atom. The van der Waals surface area contributed by atoms with Gasteiger partial charge in [-0.2, -0.15) is 4.68 Å². The maximum Gasteiger partial charge on any atom is 0.286 e. The number of fused-ring (bicyclic) bond motifs is 1. The van der Waals surface area contributed by atoms with Crippen LogP contribution in [0.25, 0.3) is 16.9 Å². The molecule has 0 spiro atoms. The number of aryl methyl sites for hydroxylation is 3. The number of aromatic nitrogens is 7. The minimum Gasteiger partial charge on any atom is -0.363 e. The van der Waals surface area contributed by atoms with Gasteiger partial charge in [0.2, 0.25) is 5.82 Å². The number of benzene rings is 1. The van der Waals surface area contributed by atoms with Gasteiger partial charge in [0, 0.05) is 24.9 Å². The van der Waals surface area contributed by atoms with Gasteiger partial charge < -0.3 is 10.3 Å². The van der Waals surface area contributed by atoms with Crippen molar-refractivity contribution in [1.29, 1.82) is 0 Å². The predicted octanol–water partition coefficient (Wildman–Crippen LogP) is 1.93. The molecule has 9 heteroatoms. The average molecular weight is 388 g/mol. The second kappa shape index (κ2) is 6.20. The smallest absolute Gasteiger partial charge is 0.286 e. The minimum atomic E-state index is -0.664. The Hall–Kier alpha value is -3.62. The Morgan fingerprint density at radius 3 is 2.59 bits per heavy atom. The number of rotatable bonds is 4. The molecule has 3 aromatic heterocycles. The number of nitrogens with zero attached hydrogens (tertiary/aromatic N) is 7. The molecule has 1 saturated carbocycles. The summed E-state index contributed by atoms with van der Waals surface area (Å²) < 4.78 is 3.74. The van der Waals surface area contributed by atoms with Crippen LogP contribution in [0.2, 0.25) is 0 Å². The zero-order valence-electron chi connectivity index (χ0n) is 16.4. The molecule has 0 aliphatic heterocycles. The van der Waals surface area contributed by atoms with Crippen LogP contribution in [0, 0.1) is 13.8 Å². The van der Waals surface area contributed by atoms with Gasteiger partial charge in [0.15, 0.2) is 5.82 Å².